The molecule has 0 aliphatic heterocycles. The number of rotatable bonds is 22. The summed E-state index contributed by atoms with van der Waals surface area (Å²) in [5, 5.41) is 0. The van der Waals surface area contributed by atoms with Crippen LogP contribution in [0.15, 0.2) is 12.2 Å². The van der Waals surface area contributed by atoms with Crippen molar-refractivity contribution in [1.29, 1.82) is 0 Å². The lowest BCUT2D eigenvalue weighted by Crippen LogP contribution is -1.84. The molecule has 0 N–H and O–H groups in total. The van der Waals surface area contributed by atoms with Crippen molar-refractivity contribution in [1.82, 2.24) is 0 Å². The zero-order chi connectivity index (χ0) is 19.0. The summed E-state index contributed by atoms with van der Waals surface area (Å²) in [7, 11) is 0. The van der Waals surface area contributed by atoms with E-state index in [0.717, 1.165) is 6.42 Å². The summed E-state index contributed by atoms with van der Waals surface area (Å²) in [5.41, 5.74) is 0. The zero-order valence-electron chi connectivity index (χ0n) is 18.1. The fraction of sp³-hybridized carbons (Fsp3) is 0.846. The molecule has 0 unspecified atom stereocenters. The zero-order valence-corrected chi connectivity index (χ0v) is 18.1. The van der Waals surface area contributed by atoms with Gasteiger partial charge < -0.3 is 0 Å². The fourth-order valence-corrected chi connectivity index (χ4v) is 3.74. The standard InChI is InChI=1S/C26H50/c1-3-5-7-9-11-13-15-17-19-21-23-25-26-24-22-20-18-16-14-12-10-8-6-4-2/h3,5H,1-2,4,6-26H2. The minimum absolute atomic E-state index is 1.12. The van der Waals surface area contributed by atoms with Gasteiger partial charge in [0.2, 0.25) is 0 Å². The van der Waals surface area contributed by atoms with Crippen molar-refractivity contribution in [2.75, 3.05) is 0 Å². The molecule has 0 fully saturated rings. The van der Waals surface area contributed by atoms with Gasteiger partial charge in [0.1, 0.15) is 0 Å². The van der Waals surface area contributed by atoms with Crippen molar-refractivity contribution in [2.24, 2.45) is 0 Å². The van der Waals surface area contributed by atoms with E-state index in [-0.39, 0.29) is 0 Å². The number of unbranched alkanes of at least 4 members (excludes halogenated alkanes) is 21. The van der Waals surface area contributed by atoms with Gasteiger partial charge in [0.25, 0.3) is 0 Å². The van der Waals surface area contributed by atoms with Gasteiger partial charge in [0, 0.05) is 0 Å². The summed E-state index contributed by atoms with van der Waals surface area (Å²) in [5.74, 6) is 0. The Morgan fingerprint density at radius 1 is 0.385 bits per heavy atom. The lowest BCUT2D eigenvalue weighted by molar-refractivity contribution is 0.521. The number of hydrogen-bond donors (Lipinski definition) is 0. The van der Waals surface area contributed by atoms with E-state index in [2.05, 4.69) is 19.9 Å². The van der Waals surface area contributed by atoms with Gasteiger partial charge in [-0.15, -0.1) is 0 Å². The molecule has 0 saturated carbocycles. The van der Waals surface area contributed by atoms with Crippen LogP contribution in [0.2, 0.25) is 0 Å². The summed E-state index contributed by atoms with van der Waals surface area (Å²) in [4.78, 5) is 0. The predicted octanol–water partition coefficient (Wildman–Crippen LogP) is 9.79. The molecule has 0 aromatic carbocycles. The maximum absolute atomic E-state index is 3.91. The maximum Gasteiger partial charge on any atom is -0.0316 e. The molecule has 0 atom stereocenters. The smallest absolute Gasteiger partial charge is 0.0316 e. The first-order chi connectivity index (χ1) is 12.9. The lowest BCUT2D eigenvalue weighted by Gasteiger charge is -2.04. The minimum atomic E-state index is 1.12. The molecule has 0 heterocycles. The first-order valence-corrected chi connectivity index (χ1v) is 12.1. The molecule has 0 bridgehead atoms. The first-order valence-electron chi connectivity index (χ1n) is 12.1. The third kappa shape index (κ3) is 23.7. The van der Waals surface area contributed by atoms with Crippen LogP contribution >= 0.6 is 0 Å². The number of hydrogen-bond acceptors (Lipinski definition) is 0. The molecule has 0 amide bonds. The second-order valence-electron chi connectivity index (χ2n) is 8.18. The summed E-state index contributed by atoms with van der Waals surface area (Å²) < 4.78 is 0. The van der Waals surface area contributed by atoms with Crippen LogP contribution in [0.5, 0.6) is 0 Å². The van der Waals surface area contributed by atoms with Gasteiger partial charge in [0.15, 0.2) is 0 Å². The Labute approximate surface area is 167 Å². The maximum atomic E-state index is 3.91. The molecule has 0 nitrogen and oxygen atoms in total. The van der Waals surface area contributed by atoms with Crippen molar-refractivity contribution in [2.45, 2.75) is 141 Å². The van der Waals surface area contributed by atoms with Crippen LogP contribution in [0.4, 0.5) is 0 Å². The van der Waals surface area contributed by atoms with Gasteiger partial charge in [-0.1, -0.05) is 147 Å². The Morgan fingerprint density at radius 3 is 0.923 bits per heavy atom. The highest BCUT2D eigenvalue weighted by Gasteiger charge is 1.95. The highest BCUT2D eigenvalue weighted by Crippen LogP contribution is 2.15. The fourth-order valence-electron chi connectivity index (χ4n) is 3.74. The van der Waals surface area contributed by atoms with Crippen molar-refractivity contribution < 1.29 is 0 Å². The molecule has 0 saturated heterocycles. The summed E-state index contributed by atoms with van der Waals surface area (Å²) in [6, 6.07) is 0. The average molecular weight is 363 g/mol. The van der Waals surface area contributed by atoms with E-state index in [0.29, 0.717) is 0 Å². The quantitative estimate of drug-likeness (QED) is 0.168. The molecule has 0 aliphatic rings. The van der Waals surface area contributed by atoms with E-state index in [1.54, 1.807) is 0 Å². The van der Waals surface area contributed by atoms with Crippen LogP contribution in [0, 0.1) is 13.8 Å². The van der Waals surface area contributed by atoms with E-state index in [1.165, 1.54) is 135 Å². The average Bonchev–Trinajstić information content (AvgIpc) is 2.66. The van der Waals surface area contributed by atoms with Gasteiger partial charge in [-0.2, -0.15) is 0 Å². The van der Waals surface area contributed by atoms with Crippen molar-refractivity contribution in [3.63, 3.8) is 0 Å². The Morgan fingerprint density at radius 2 is 0.654 bits per heavy atom. The van der Waals surface area contributed by atoms with Gasteiger partial charge >= 0.3 is 0 Å². The van der Waals surface area contributed by atoms with Crippen molar-refractivity contribution in [3.05, 3.63) is 26.0 Å². The van der Waals surface area contributed by atoms with Crippen LogP contribution < -0.4 is 0 Å². The van der Waals surface area contributed by atoms with Crippen LogP contribution in [-0.4, -0.2) is 0 Å². The van der Waals surface area contributed by atoms with Crippen molar-refractivity contribution >= 4 is 0 Å². The molecule has 0 rings (SSSR count). The molecule has 0 aliphatic carbocycles. The normalized spacial score (nSPS) is 11.6. The van der Waals surface area contributed by atoms with Crippen molar-refractivity contribution in [3.8, 4) is 0 Å². The molecule has 0 aromatic heterocycles. The monoisotopic (exact) mass is 362 g/mol. The summed E-state index contributed by atoms with van der Waals surface area (Å²) in [6.45, 7) is 7.63. The van der Waals surface area contributed by atoms with E-state index in [4.69, 9.17) is 0 Å². The predicted molar refractivity (Wildman–Crippen MR) is 121 cm³/mol. The molecule has 0 aromatic rings. The Bertz CT molecular complexity index is 253. The molecule has 154 valence electrons. The highest BCUT2D eigenvalue weighted by atomic mass is 14.0. The molecule has 0 spiro atoms. The third-order valence-electron chi connectivity index (χ3n) is 5.54. The van der Waals surface area contributed by atoms with Gasteiger partial charge in [0.05, 0.1) is 0 Å². The summed E-state index contributed by atoms with van der Waals surface area (Å²) >= 11 is 0. The SMILES string of the molecule is [CH2]C=CCCCCCCCCCCCCCCCCCCCCCC[CH2]. The molecule has 2 radical (unpaired) electrons. The van der Waals surface area contributed by atoms with E-state index in [9.17, 15) is 0 Å². The topological polar surface area (TPSA) is 0 Å². The van der Waals surface area contributed by atoms with E-state index in [1.807, 2.05) is 6.08 Å². The second kappa shape index (κ2) is 24.7. The molecule has 26 heavy (non-hydrogen) atoms. The minimum Gasteiger partial charge on any atom is -0.0885 e. The van der Waals surface area contributed by atoms with E-state index < -0.39 is 0 Å². The highest BCUT2D eigenvalue weighted by molar-refractivity contribution is 4.83. The largest absolute Gasteiger partial charge is 0.0885 e. The Hall–Kier alpha value is -0.260. The summed E-state index contributed by atoms with van der Waals surface area (Å²) in [6.07, 6.45) is 35.4. The number of allylic oxidation sites excluding steroid dienone is 2. The van der Waals surface area contributed by atoms with Crippen LogP contribution in [0.25, 0.3) is 0 Å². The van der Waals surface area contributed by atoms with Gasteiger partial charge in [-0.3, -0.25) is 0 Å². The lowest BCUT2D eigenvalue weighted by atomic mass is 10.0. The molecular formula is C26H50. The van der Waals surface area contributed by atoms with Gasteiger partial charge in [-0.05, 0) is 19.8 Å². The second-order valence-corrected chi connectivity index (χ2v) is 8.18. The van der Waals surface area contributed by atoms with Crippen LogP contribution in [-0.2, 0) is 0 Å². The van der Waals surface area contributed by atoms with Crippen LogP contribution in [0.3, 0.4) is 0 Å². The Kier molecular flexibility index (Phi) is 24.5. The molecule has 0 heteroatoms. The third-order valence-corrected chi connectivity index (χ3v) is 5.54. The van der Waals surface area contributed by atoms with Crippen LogP contribution in [0.1, 0.15) is 141 Å². The van der Waals surface area contributed by atoms with Gasteiger partial charge in [-0.25, -0.2) is 0 Å². The Balaban J connectivity index is 2.97. The van der Waals surface area contributed by atoms with E-state index >= 15 is 0 Å². The first kappa shape index (κ1) is 25.7. The molecular weight excluding hydrogens is 312 g/mol.